The van der Waals surface area contributed by atoms with E-state index < -0.39 is 0 Å². The molecule has 0 heterocycles. The molecule has 1 rings (SSSR count). The fourth-order valence-electron chi connectivity index (χ4n) is 1.47. The van der Waals surface area contributed by atoms with Gasteiger partial charge in [0, 0.05) is 12.1 Å². The minimum atomic E-state index is 0.339. The van der Waals surface area contributed by atoms with E-state index in [-0.39, 0.29) is 0 Å². The van der Waals surface area contributed by atoms with E-state index in [4.69, 9.17) is 5.73 Å². The van der Waals surface area contributed by atoms with Crippen molar-refractivity contribution in [3.63, 3.8) is 0 Å². The molecule has 1 aromatic carbocycles. The van der Waals surface area contributed by atoms with E-state index in [0.29, 0.717) is 18.2 Å². The number of phenols is 1. The lowest BCUT2D eigenvalue weighted by molar-refractivity contribution is 0.464. The normalized spacial score (nSPS) is 11.0. The van der Waals surface area contributed by atoms with Gasteiger partial charge in [-0.1, -0.05) is 19.9 Å². The summed E-state index contributed by atoms with van der Waals surface area (Å²) in [6.07, 6.45) is 2.23. The number of rotatable bonds is 4. The highest BCUT2D eigenvalue weighted by atomic mass is 127. The number of aryl methyl sites for hydroxylation is 1. The third-order valence-corrected chi connectivity index (χ3v) is 3.25. The zero-order chi connectivity index (χ0) is 11.4. The van der Waals surface area contributed by atoms with Crippen LogP contribution in [-0.4, -0.2) is 5.11 Å². The summed E-state index contributed by atoms with van der Waals surface area (Å²) in [5, 5.41) is 9.71. The number of hydrogen-bond donors (Lipinski definition) is 2. The SMILES string of the molecule is CC(C)CCc1cc(I)c(O)c(CN)c1. The Morgan fingerprint density at radius 1 is 1.40 bits per heavy atom. The van der Waals surface area contributed by atoms with Gasteiger partial charge in [0.15, 0.2) is 0 Å². The second-order valence-corrected chi connectivity index (χ2v) is 5.38. The second-order valence-electron chi connectivity index (χ2n) is 4.22. The van der Waals surface area contributed by atoms with Gasteiger partial charge < -0.3 is 10.8 Å². The Morgan fingerprint density at radius 2 is 2.07 bits per heavy atom. The minimum absolute atomic E-state index is 0.339. The average molecular weight is 319 g/mol. The first-order chi connectivity index (χ1) is 7.04. The molecule has 0 fully saturated rings. The molecule has 0 atom stereocenters. The fraction of sp³-hybridized carbons (Fsp3) is 0.500. The molecule has 3 N–H and O–H groups in total. The summed E-state index contributed by atoms with van der Waals surface area (Å²) in [6, 6.07) is 4.05. The highest BCUT2D eigenvalue weighted by Crippen LogP contribution is 2.26. The second kappa shape index (κ2) is 5.70. The molecule has 0 radical (unpaired) electrons. The number of aromatic hydroxyl groups is 1. The van der Waals surface area contributed by atoms with Gasteiger partial charge in [0.1, 0.15) is 5.75 Å². The number of phenolic OH excluding ortho intramolecular Hbond substituents is 1. The maximum atomic E-state index is 9.71. The smallest absolute Gasteiger partial charge is 0.133 e. The molecular weight excluding hydrogens is 301 g/mol. The molecule has 3 heteroatoms. The van der Waals surface area contributed by atoms with Gasteiger partial charge in [0.25, 0.3) is 0 Å². The van der Waals surface area contributed by atoms with Crippen LogP contribution in [0.15, 0.2) is 12.1 Å². The first-order valence-electron chi connectivity index (χ1n) is 5.25. The lowest BCUT2D eigenvalue weighted by atomic mass is 10.0. The van der Waals surface area contributed by atoms with Crippen molar-refractivity contribution in [1.29, 1.82) is 0 Å². The molecule has 0 bridgehead atoms. The third kappa shape index (κ3) is 3.65. The molecule has 2 nitrogen and oxygen atoms in total. The molecule has 0 saturated heterocycles. The van der Waals surface area contributed by atoms with Crippen molar-refractivity contribution in [2.24, 2.45) is 11.7 Å². The molecular formula is C12H18INO. The highest BCUT2D eigenvalue weighted by Gasteiger charge is 2.07. The summed E-state index contributed by atoms with van der Waals surface area (Å²) in [5.74, 6) is 1.05. The van der Waals surface area contributed by atoms with Crippen LogP contribution in [0.25, 0.3) is 0 Å². The number of benzene rings is 1. The first kappa shape index (κ1) is 12.8. The molecule has 0 aliphatic carbocycles. The molecule has 0 spiro atoms. The predicted molar refractivity (Wildman–Crippen MR) is 71.9 cm³/mol. The third-order valence-electron chi connectivity index (χ3n) is 2.43. The van der Waals surface area contributed by atoms with Gasteiger partial charge >= 0.3 is 0 Å². The molecule has 84 valence electrons. The van der Waals surface area contributed by atoms with Crippen molar-refractivity contribution in [3.05, 3.63) is 26.8 Å². The van der Waals surface area contributed by atoms with Crippen LogP contribution < -0.4 is 5.73 Å². The zero-order valence-electron chi connectivity index (χ0n) is 9.26. The Balaban J connectivity index is 2.86. The summed E-state index contributed by atoms with van der Waals surface area (Å²) >= 11 is 2.15. The summed E-state index contributed by atoms with van der Waals surface area (Å²) in [7, 11) is 0. The Bertz CT molecular complexity index is 337. The molecule has 0 amide bonds. The van der Waals surface area contributed by atoms with Crippen LogP contribution in [0.1, 0.15) is 31.4 Å². The zero-order valence-corrected chi connectivity index (χ0v) is 11.4. The maximum Gasteiger partial charge on any atom is 0.133 e. The van der Waals surface area contributed by atoms with Crippen LogP contribution in [0.4, 0.5) is 0 Å². The Kier molecular flexibility index (Phi) is 4.86. The van der Waals surface area contributed by atoms with Gasteiger partial charge in [0.2, 0.25) is 0 Å². The van der Waals surface area contributed by atoms with Crippen molar-refractivity contribution < 1.29 is 5.11 Å². The topological polar surface area (TPSA) is 46.2 Å². The minimum Gasteiger partial charge on any atom is -0.507 e. The average Bonchev–Trinajstić information content (AvgIpc) is 2.19. The van der Waals surface area contributed by atoms with E-state index in [9.17, 15) is 5.11 Å². The Morgan fingerprint density at radius 3 is 2.60 bits per heavy atom. The van der Waals surface area contributed by atoms with Crippen LogP contribution in [0.5, 0.6) is 5.75 Å². The van der Waals surface area contributed by atoms with Crippen LogP contribution >= 0.6 is 22.6 Å². The quantitative estimate of drug-likeness (QED) is 0.838. The van der Waals surface area contributed by atoms with Crippen molar-refractivity contribution in [1.82, 2.24) is 0 Å². The maximum absolute atomic E-state index is 9.71. The lowest BCUT2D eigenvalue weighted by Gasteiger charge is -2.09. The summed E-state index contributed by atoms with van der Waals surface area (Å²) in [5.41, 5.74) is 7.70. The van der Waals surface area contributed by atoms with E-state index in [1.54, 1.807) is 0 Å². The van der Waals surface area contributed by atoms with E-state index in [1.807, 2.05) is 12.1 Å². The molecule has 1 aromatic rings. The number of halogens is 1. The molecule has 0 unspecified atom stereocenters. The summed E-state index contributed by atoms with van der Waals surface area (Å²) < 4.78 is 0.898. The van der Waals surface area contributed by atoms with E-state index >= 15 is 0 Å². The van der Waals surface area contributed by atoms with Crippen molar-refractivity contribution in [2.45, 2.75) is 33.2 Å². The van der Waals surface area contributed by atoms with Gasteiger partial charge in [-0.2, -0.15) is 0 Å². The summed E-state index contributed by atoms with van der Waals surface area (Å²) in [4.78, 5) is 0. The highest BCUT2D eigenvalue weighted by molar-refractivity contribution is 14.1. The number of hydrogen-bond acceptors (Lipinski definition) is 2. The Labute approximate surface area is 105 Å². The Hall–Kier alpha value is -0.290. The lowest BCUT2D eigenvalue weighted by Crippen LogP contribution is -2.00. The molecule has 0 aromatic heterocycles. The standard InChI is InChI=1S/C12H18INO/c1-8(2)3-4-9-5-10(7-14)12(15)11(13)6-9/h5-6,8,15H,3-4,7,14H2,1-2H3. The van der Waals surface area contributed by atoms with Gasteiger partial charge in [-0.15, -0.1) is 0 Å². The van der Waals surface area contributed by atoms with E-state index in [1.165, 1.54) is 12.0 Å². The van der Waals surface area contributed by atoms with Gasteiger partial charge in [-0.05, 0) is 53.0 Å². The predicted octanol–water partition coefficient (Wildman–Crippen LogP) is 3.04. The fourth-order valence-corrected chi connectivity index (χ4v) is 2.22. The monoisotopic (exact) mass is 319 g/mol. The molecule has 15 heavy (non-hydrogen) atoms. The van der Waals surface area contributed by atoms with Gasteiger partial charge in [0.05, 0.1) is 3.57 Å². The number of nitrogens with two attached hydrogens (primary N) is 1. The molecule has 0 aliphatic rings. The molecule has 0 saturated carbocycles. The van der Waals surface area contributed by atoms with Gasteiger partial charge in [-0.25, -0.2) is 0 Å². The van der Waals surface area contributed by atoms with Crippen LogP contribution in [0.3, 0.4) is 0 Å². The van der Waals surface area contributed by atoms with Crippen LogP contribution in [-0.2, 0) is 13.0 Å². The van der Waals surface area contributed by atoms with Crippen molar-refractivity contribution >= 4 is 22.6 Å². The molecule has 0 aliphatic heterocycles. The van der Waals surface area contributed by atoms with Gasteiger partial charge in [-0.3, -0.25) is 0 Å². The van der Waals surface area contributed by atoms with Crippen LogP contribution in [0.2, 0.25) is 0 Å². The van der Waals surface area contributed by atoms with Crippen molar-refractivity contribution in [3.8, 4) is 5.75 Å². The summed E-state index contributed by atoms with van der Waals surface area (Å²) in [6.45, 7) is 4.84. The van der Waals surface area contributed by atoms with Crippen LogP contribution in [0, 0.1) is 9.49 Å². The van der Waals surface area contributed by atoms with E-state index in [2.05, 4.69) is 36.4 Å². The largest absolute Gasteiger partial charge is 0.507 e. The first-order valence-corrected chi connectivity index (χ1v) is 6.32. The van der Waals surface area contributed by atoms with Crippen molar-refractivity contribution in [2.75, 3.05) is 0 Å². The van der Waals surface area contributed by atoms with E-state index in [0.717, 1.165) is 15.6 Å².